The number of fused-ring (bicyclic) bond motifs is 1. The second-order valence-electron chi connectivity index (χ2n) is 11.4. The largest absolute Gasteiger partial charge is 0.304 e. The highest BCUT2D eigenvalue weighted by molar-refractivity contribution is 7.90. The van der Waals surface area contributed by atoms with Crippen LogP contribution in [0.1, 0.15) is 56.4 Å². The second kappa shape index (κ2) is 10.1. The van der Waals surface area contributed by atoms with Gasteiger partial charge in [0.2, 0.25) is 0 Å². The van der Waals surface area contributed by atoms with Crippen molar-refractivity contribution in [2.75, 3.05) is 39.0 Å². The zero-order valence-corrected chi connectivity index (χ0v) is 22.5. The topological polar surface area (TPSA) is 57.9 Å². The van der Waals surface area contributed by atoms with Crippen molar-refractivity contribution < 1.29 is 12.8 Å². The Kier molecular flexibility index (Phi) is 6.84. The van der Waals surface area contributed by atoms with E-state index in [0.717, 1.165) is 43.0 Å². The molecule has 1 saturated carbocycles. The molecule has 198 valence electrons. The summed E-state index contributed by atoms with van der Waals surface area (Å²) in [5.41, 5.74) is 2.74. The first kappa shape index (κ1) is 25.0. The van der Waals surface area contributed by atoms with E-state index in [2.05, 4.69) is 14.8 Å². The molecule has 1 unspecified atom stereocenters. The van der Waals surface area contributed by atoms with Gasteiger partial charge in [0.15, 0.2) is 21.3 Å². The fourth-order valence-electron chi connectivity index (χ4n) is 6.26. The molecule has 0 spiro atoms. The van der Waals surface area contributed by atoms with Crippen molar-refractivity contribution in [1.82, 2.24) is 19.2 Å². The normalized spacial score (nSPS) is 22.9. The van der Waals surface area contributed by atoms with Crippen LogP contribution in [0.3, 0.4) is 0 Å². The molecule has 3 aliphatic rings. The summed E-state index contributed by atoms with van der Waals surface area (Å²) < 4.78 is 40.4. The van der Waals surface area contributed by atoms with Crippen LogP contribution >= 0.6 is 0 Å². The summed E-state index contributed by atoms with van der Waals surface area (Å²) in [5.74, 6) is 1.02. The monoisotopic (exact) mass is 524 g/mol. The molecule has 8 heteroatoms. The molecule has 1 aliphatic carbocycles. The molecule has 0 bridgehead atoms. The zero-order chi connectivity index (χ0) is 25.6. The van der Waals surface area contributed by atoms with Gasteiger partial charge in [0.05, 0.1) is 10.6 Å². The molecule has 2 saturated heterocycles. The summed E-state index contributed by atoms with van der Waals surface area (Å²) in [5, 5.41) is 0. The predicted octanol–water partition coefficient (Wildman–Crippen LogP) is 4.99. The Morgan fingerprint density at radius 2 is 1.70 bits per heavy atom. The Bertz CT molecular complexity index is 1360. The lowest BCUT2D eigenvalue weighted by Gasteiger charge is -2.37. The average molecular weight is 525 g/mol. The molecule has 0 N–H and O–H groups in total. The fourth-order valence-corrected chi connectivity index (χ4v) is 6.89. The first-order valence-electron chi connectivity index (χ1n) is 13.8. The van der Waals surface area contributed by atoms with Crippen molar-refractivity contribution in [2.24, 2.45) is 5.92 Å². The van der Waals surface area contributed by atoms with Crippen LogP contribution in [0.25, 0.3) is 16.9 Å². The van der Waals surface area contributed by atoms with Crippen molar-refractivity contribution in [3.63, 3.8) is 0 Å². The molecule has 3 aromatic rings. The summed E-state index contributed by atoms with van der Waals surface area (Å²) in [6, 6.07) is 8.96. The molecular weight excluding hydrogens is 487 g/mol. The van der Waals surface area contributed by atoms with Gasteiger partial charge in [-0.3, -0.25) is 0 Å². The van der Waals surface area contributed by atoms with Crippen molar-refractivity contribution >= 4 is 15.5 Å². The number of nitrogens with zero attached hydrogens (tertiary/aromatic N) is 4. The number of piperidine rings is 1. The fraction of sp³-hybridized carbons (Fsp3) is 0.552. The maximum atomic E-state index is 15.1. The van der Waals surface area contributed by atoms with Crippen LogP contribution in [0, 0.1) is 11.7 Å². The van der Waals surface area contributed by atoms with E-state index in [0.29, 0.717) is 23.3 Å². The number of halogens is 1. The van der Waals surface area contributed by atoms with E-state index in [-0.39, 0.29) is 10.7 Å². The van der Waals surface area contributed by atoms with Crippen molar-refractivity contribution in [1.29, 1.82) is 0 Å². The van der Waals surface area contributed by atoms with Gasteiger partial charge in [-0.2, -0.15) is 0 Å². The average Bonchev–Trinajstić information content (AvgIpc) is 3.65. The summed E-state index contributed by atoms with van der Waals surface area (Å²) in [6.45, 7) is 5.98. The lowest BCUT2D eigenvalue weighted by atomic mass is 9.89. The van der Waals surface area contributed by atoms with Crippen LogP contribution in [0.15, 0.2) is 47.6 Å². The maximum absolute atomic E-state index is 15.1. The Labute approximate surface area is 219 Å². The lowest BCUT2D eigenvalue weighted by molar-refractivity contribution is 0.137. The van der Waals surface area contributed by atoms with Gasteiger partial charge in [-0.05, 0) is 107 Å². The number of aromatic nitrogens is 2. The maximum Gasteiger partial charge on any atom is 0.175 e. The van der Waals surface area contributed by atoms with Gasteiger partial charge in [-0.15, -0.1) is 0 Å². The molecule has 6 nitrogen and oxygen atoms in total. The highest BCUT2D eigenvalue weighted by Crippen LogP contribution is 2.34. The molecule has 2 aliphatic heterocycles. The molecular formula is C29H37FN4O2S. The Morgan fingerprint density at radius 1 is 0.946 bits per heavy atom. The van der Waals surface area contributed by atoms with Crippen LogP contribution in [0.5, 0.6) is 0 Å². The third kappa shape index (κ3) is 5.61. The van der Waals surface area contributed by atoms with Crippen LogP contribution in [0.2, 0.25) is 0 Å². The van der Waals surface area contributed by atoms with Crippen LogP contribution in [0.4, 0.5) is 4.39 Å². The third-order valence-electron chi connectivity index (χ3n) is 8.63. The van der Waals surface area contributed by atoms with E-state index in [4.69, 9.17) is 0 Å². The van der Waals surface area contributed by atoms with Gasteiger partial charge < -0.3 is 14.2 Å². The number of likely N-dealkylation sites (tertiary alicyclic amines) is 2. The summed E-state index contributed by atoms with van der Waals surface area (Å²) >= 11 is 0. The van der Waals surface area contributed by atoms with Gasteiger partial charge in [-0.25, -0.2) is 17.8 Å². The van der Waals surface area contributed by atoms with Gasteiger partial charge in [0.1, 0.15) is 0 Å². The Hall–Kier alpha value is -2.29. The number of imidazole rings is 1. The molecule has 1 aromatic carbocycles. The standard InChI is InChI=1S/C29H37FN4O2S/c1-37(35,36)26-8-6-23(7-9-26)28-20-34-19-24(17-27(30)29(34)31-28)22-10-15-33(16-11-22)25-3-2-13-32(14-12-25)18-21-4-5-21/h6-9,17,19-22,25H,2-5,10-16,18H2,1H3. The summed E-state index contributed by atoms with van der Waals surface area (Å²) in [7, 11) is -3.26. The number of hydrogen-bond donors (Lipinski definition) is 0. The van der Waals surface area contributed by atoms with E-state index in [1.807, 2.05) is 12.4 Å². The molecule has 4 heterocycles. The van der Waals surface area contributed by atoms with Gasteiger partial charge >= 0.3 is 0 Å². The number of benzene rings is 1. The SMILES string of the molecule is CS(=O)(=O)c1ccc(-c2cn3cc(C4CCN(C5CCCN(CC6CC6)CC5)CC4)cc(F)c3n2)cc1. The van der Waals surface area contributed by atoms with Gasteiger partial charge in [0, 0.05) is 36.8 Å². The minimum atomic E-state index is -3.26. The molecule has 1 atom stereocenters. The zero-order valence-electron chi connectivity index (χ0n) is 21.7. The Morgan fingerprint density at radius 3 is 2.41 bits per heavy atom. The molecule has 2 aromatic heterocycles. The highest BCUT2D eigenvalue weighted by Gasteiger charge is 2.30. The highest BCUT2D eigenvalue weighted by atomic mass is 32.2. The van der Waals surface area contributed by atoms with Crippen molar-refractivity contribution in [3.05, 3.63) is 54.1 Å². The molecule has 3 fully saturated rings. The minimum Gasteiger partial charge on any atom is -0.304 e. The molecule has 37 heavy (non-hydrogen) atoms. The van der Waals surface area contributed by atoms with Crippen LogP contribution in [-0.2, 0) is 9.84 Å². The number of rotatable bonds is 6. The van der Waals surface area contributed by atoms with Crippen molar-refractivity contribution in [2.45, 2.75) is 61.8 Å². The molecule has 0 radical (unpaired) electrons. The summed E-state index contributed by atoms with van der Waals surface area (Å²) in [4.78, 5) is 10.2. The number of hydrogen-bond acceptors (Lipinski definition) is 5. The minimum absolute atomic E-state index is 0.263. The van der Waals surface area contributed by atoms with E-state index in [9.17, 15) is 8.42 Å². The van der Waals surface area contributed by atoms with E-state index in [1.165, 1.54) is 58.0 Å². The van der Waals surface area contributed by atoms with E-state index in [1.54, 1.807) is 34.7 Å². The van der Waals surface area contributed by atoms with Gasteiger partial charge in [0.25, 0.3) is 0 Å². The second-order valence-corrected chi connectivity index (χ2v) is 13.4. The van der Waals surface area contributed by atoms with Crippen molar-refractivity contribution in [3.8, 4) is 11.3 Å². The molecule has 0 amide bonds. The number of sulfone groups is 1. The number of pyridine rings is 1. The van der Waals surface area contributed by atoms with E-state index >= 15 is 4.39 Å². The van der Waals surface area contributed by atoms with E-state index < -0.39 is 9.84 Å². The quantitative estimate of drug-likeness (QED) is 0.455. The summed E-state index contributed by atoms with van der Waals surface area (Å²) in [6.07, 6.45) is 13.9. The van der Waals surface area contributed by atoms with Crippen LogP contribution < -0.4 is 0 Å². The molecule has 6 rings (SSSR count). The van der Waals surface area contributed by atoms with Crippen LogP contribution in [-0.4, -0.2) is 72.6 Å². The lowest BCUT2D eigenvalue weighted by Crippen LogP contribution is -2.41. The first-order chi connectivity index (χ1) is 17.8. The van der Waals surface area contributed by atoms with Gasteiger partial charge in [-0.1, -0.05) is 12.1 Å². The third-order valence-corrected chi connectivity index (χ3v) is 9.76. The Balaban J connectivity index is 1.12. The predicted molar refractivity (Wildman–Crippen MR) is 144 cm³/mol. The smallest absolute Gasteiger partial charge is 0.175 e. The first-order valence-corrected chi connectivity index (χ1v) is 15.7.